The molecule has 0 unspecified atom stereocenters. The Labute approximate surface area is 98.8 Å². The average molecular weight is 221 g/mol. The Morgan fingerprint density at radius 3 is 2.19 bits per heavy atom. The molecule has 0 atom stereocenters. The van der Waals surface area contributed by atoms with Crippen LogP contribution in [0.1, 0.15) is 46.5 Å². The van der Waals surface area contributed by atoms with Crippen LogP contribution in [0.3, 0.4) is 0 Å². The molecule has 0 aromatic heterocycles. The van der Waals surface area contributed by atoms with Crippen molar-refractivity contribution in [1.82, 2.24) is 10.2 Å². The summed E-state index contributed by atoms with van der Waals surface area (Å²) in [6.07, 6.45) is 4.45. The molecule has 0 aromatic rings. The van der Waals surface area contributed by atoms with Crippen molar-refractivity contribution in [3.05, 3.63) is 0 Å². The van der Waals surface area contributed by atoms with E-state index in [2.05, 4.69) is 37.1 Å². The molecule has 1 saturated carbocycles. The van der Waals surface area contributed by atoms with E-state index in [9.17, 15) is 0 Å². The van der Waals surface area contributed by atoms with Gasteiger partial charge in [-0.05, 0) is 46.5 Å². The molecule has 2 rings (SSSR count). The van der Waals surface area contributed by atoms with Crippen LogP contribution in [0.5, 0.6) is 0 Å². The molecule has 1 saturated heterocycles. The summed E-state index contributed by atoms with van der Waals surface area (Å²) in [7, 11) is 0. The minimum absolute atomic E-state index is 0.144. The smallest absolute Gasteiger partial charge is 0.107 e. The summed E-state index contributed by atoms with van der Waals surface area (Å²) >= 11 is 0. The maximum Gasteiger partial charge on any atom is 0.107 e. The van der Waals surface area contributed by atoms with Gasteiger partial charge in [0, 0.05) is 24.7 Å². The third-order valence-electron chi connectivity index (χ3n) is 3.89. The summed E-state index contributed by atoms with van der Waals surface area (Å²) in [6.45, 7) is 9.14. The number of hydrogen-bond donors (Lipinski definition) is 1. The van der Waals surface area contributed by atoms with Gasteiger partial charge in [-0.15, -0.1) is 0 Å². The lowest BCUT2D eigenvalue weighted by Crippen LogP contribution is -2.51. The second-order valence-corrected chi connectivity index (χ2v) is 6.27. The molecule has 0 radical (unpaired) electrons. The fourth-order valence-corrected chi connectivity index (χ4v) is 2.50. The quantitative estimate of drug-likeness (QED) is 0.774. The molecular weight excluding hydrogens is 198 g/mol. The first-order valence-corrected chi connectivity index (χ1v) is 6.39. The summed E-state index contributed by atoms with van der Waals surface area (Å²) in [4.78, 5) is 2.54. The molecule has 0 spiro atoms. The van der Waals surface area contributed by atoms with E-state index in [0.717, 1.165) is 25.9 Å². The van der Waals surface area contributed by atoms with Gasteiger partial charge in [0.05, 0.1) is 6.07 Å². The van der Waals surface area contributed by atoms with Gasteiger partial charge in [-0.2, -0.15) is 5.26 Å². The van der Waals surface area contributed by atoms with E-state index in [1.165, 1.54) is 12.8 Å². The molecule has 2 aliphatic rings. The first kappa shape index (κ1) is 11.9. The van der Waals surface area contributed by atoms with Gasteiger partial charge >= 0.3 is 0 Å². The zero-order chi connectivity index (χ0) is 11.8. The van der Waals surface area contributed by atoms with Gasteiger partial charge in [-0.3, -0.25) is 10.2 Å². The van der Waals surface area contributed by atoms with Crippen LogP contribution in [0.4, 0.5) is 0 Å². The van der Waals surface area contributed by atoms with E-state index in [1.807, 2.05) is 0 Å². The topological polar surface area (TPSA) is 39.1 Å². The lowest BCUT2D eigenvalue weighted by molar-refractivity contribution is 0.0945. The van der Waals surface area contributed by atoms with Crippen LogP contribution in [-0.4, -0.2) is 35.1 Å². The summed E-state index contributed by atoms with van der Waals surface area (Å²) in [5, 5.41) is 12.6. The molecule has 1 heterocycles. The van der Waals surface area contributed by atoms with Crippen molar-refractivity contribution in [2.75, 3.05) is 13.1 Å². The lowest BCUT2D eigenvalue weighted by atomic mass is 9.97. The van der Waals surface area contributed by atoms with Crippen LogP contribution in [0, 0.1) is 11.3 Å². The van der Waals surface area contributed by atoms with Gasteiger partial charge in [0.1, 0.15) is 5.54 Å². The third-order valence-corrected chi connectivity index (χ3v) is 3.89. The van der Waals surface area contributed by atoms with Crippen LogP contribution in [0.15, 0.2) is 0 Å². The Hall–Kier alpha value is -0.590. The molecular formula is C13H23N3. The molecule has 1 aliphatic carbocycles. The van der Waals surface area contributed by atoms with Crippen LogP contribution in [0.25, 0.3) is 0 Å². The van der Waals surface area contributed by atoms with Gasteiger partial charge in [0.25, 0.3) is 0 Å². The van der Waals surface area contributed by atoms with Crippen molar-refractivity contribution in [2.45, 2.75) is 63.6 Å². The van der Waals surface area contributed by atoms with Gasteiger partial charge in [-0.25, -0.2) is 0 Å². The van der Waals surface area contributed by atoms with Gasteiger partial charge in [-0.1, -0.05) is 0 Å². The zero-order valence-electron chi connectivity index (χ0n) is 10.7. The van der Waals surface area contributed by atoms with Crippen molar-refractivity contribution < 1.29 is 0 Å². The maximum atomic E-state index is 9.05. The highest BCUT2D eigenvalue weighted by molar-refractivity contribution is 5.19. The van der Waals surface area contributed by atoms with E-state index >= 15 is 0 Å². The predicted octanol–water partition coefficient (Wildman–Crippen LogP) is 1.90. The third kappa shape index (κ3) is 2.56. The van der Waals surface area contributed by atoms with E-state index in [-0.39, 0.29) is 11.1 Å². The molecule has 0 bridgehead atoms. The molecule has 3 heteroatoms. The van der Waals surface area contributed by atoms with E-state index in [4.69, 9.17) is 5.26 Å². The highest BCUT2D eigenvalue weighted by Crippen LogP contribution is 2.36. The number of rotatable bonds is 2. The average Bonchev–Trinajstić information content (AvgIpc) is 2.98. The molecule has 16 heavy (non-hydrogen) atoms. The Kier molecular flexibility index (Phi) is 2.98. The Morgan fingerprint density at radius 1 is 1.25 bits per heavy atom. The van der Waals surface area contributed by atoms with E-state index < -0.39 is 0 Å². The zero-order valence-corrected chi connectivity index (χ0v) is 10.7. The van der Waals surface area contributed by atoms with Crippen molar-refractivity contribution >= 4 is 0 Å². The second-order valence-electron chi connectivity index (χ2n) is 6.27. The largest absolute Gasteiger partial charge is 0.298 e. The molecule has 1 aliphatic heterocycles. The second kappa shape index (κ2) is 4.01. The fourth-order valence-electron chi connectivity index (χ4n) is 2.50. The number of nitrogens with one attached hydrogen (secondary N) is 1. The molecule has 1 N–H and O–H groups in total. The molecule has 0 amide bonds. The molecule has 3 nitrogen and oxygen atoms in total. The number of hydrogen-bond acceptors (Lipinski definition) is 3. The number of nitriles is 1. The summed E-state index contributed by atoms with van der Waals surface area (Å²) < 4.78 is 0. The summed E-state index contributed by atoms with van der Waals surface area (Å²) in [6, 6.07) is 2.97. The first-order valence-electron chi connectivity index (χ1n) is 6.39. The fraction of sp³-hybridized carbons (Fsp3) is 0.923. The van der Waals surface area contributed by atoms with Gasteiger partial charge < -0.3 is 0 Å². The maximum absolute atomic E-state index is 9.05. The molecule has 90 valence electrons. The number of nitrogens with zero attached hydrogens (tertiary/aromatic N) is 2. The first-order chi connectivity index (χ1) is 7.45. The Bertz CT molecular complexity index is 285. The van der Waals surface area contributed by atoms with Crippen molar-refractivity contribution in [3.8, 4) is 6.07 Å². The van der Waals surface area contributed by atoms with Crippen molar-refractivity contribution in [1.29, 1.82) is 5.26 Å². The summed E-state index contributed by atoms with van der Waals surface area (Å²) in [5.74, 6) is 0. The standard InChI is InChI=1S/C13H23N3/c1-12(2,3)16-8-4-11(5-9-16)15-13(10-14)6-7-13/h11,15H,4-9H2,1-3H3. The van der Waals surface area contributed by atoms with Crippen molar-refractivity contribution in [2.24, 2.45) is 0 Å². The number of likely N-dealkylation sites (tertiary alicyclic amines) is 1. The minimum atomic E-state index is -0.144. The van der Waals surface area contributed by atoms with Crippen LogP contribution in [-0.2, 0) is 0 Å². The van der Waals surface area contributed by atoms with Gasteiger partial charge in [0.2, 0.25) is 0 Å². The lowest BCUT2D eigenvalue weighted by Gasteiger charge is -2.41. The minimum Gasteiger partial charge on any atom is -0.298 e. The van der Waals surface area contributed by atoms with E-state index in [0.29, 0.717) is 6.04 Å². The monoisotopic (exact) mass is 221 g/mol. The van der Waals surface area contributed by atoms with Gasteiger partial charge in [0.15, 0.2) is 0 Å². The highest BCUT2D eigenvalue weighted by atomic mass is 15.2. The Balaban J connectivity index is 1.80. The van der Waals surface area contributed by atoms with E-state index in [1.54, 1.807) is 0 Å². The van der Waals surface area contributed by atoms with Crippen LogP contribution < -0.4 is 5.32 Å². The number of piperidine rings is 1. The van der Waals surface area contributed by atoms with Crippen molar-refractivity contribution in [3.63, 3.8) is 0 Å². The predicted molar refractivity (Wildman–Crippen MR) is 65.1 cm³/mol. The van der Waals surface area contributed by atoms with Crippen LogP contribution in [0.2, 0.25) is 0 Å². The molecule has 2 fully saturated rings. The normalized spacial score (nSPS) is 26.4. The Morgan fingerprint density at radius 2 is 1.81 bits per heavy atom. The molecule has 0 aromatic carbocycles. The highest BCUT2D eigenvalue weighted by Gasteiger charge is 2.44. The van der Waals surface area contributed by atoms with Crippen LogP contribution >= 0.6 is 0 Å². The SMILES string of the molecule is CC(C)(C)N1CCC(NC2(C#N)CC2)CC1. The summed E-state index contributed by atoms with van der Waals surface area (Å²) in [5.41, 5.74) is 0.145.